The van der Waals surface area contributed by atoms with E-state index in [1.165, 1.54) is 57.8 Å². The quantitative estimate of drug-likeness (QED) is 0.612. The van der Waals surface area contributed by atoms with Crippen molar-refractivity contribution in [2.75, 3.05) is 6.61 Å². The van der Waals surface area contributed by atoms with Crippen LogP contribution in [0.25, 0.3) is 0 Å². The third kappa shape index (κ3) is 6.39. The molecule has 0 aromatic heterocycles. The SMILES string of the molecule is CC(CCCCCOC1CCCCC1)Cc1ccccc1O. The summed E-state index contributed by atoms with van der Waals surface area (Å²) in [5.74, 6) is 1.07. The molecule has 1 unspecified atom stereocenters. The van der Waals surface area contributed by atoms with Gasteiger partial charge in [0.1, 0.15) is 5.75 Å². The van der Waals surface area contributed by atoms with E-state index in [9.17, 15) is 5.11 Å². The second-order valence-electron chi connectivity index (χ2n) is 6.92. The third-order valence-corrected chi connectivity index (χ3v) is 4.81. The fraction of sp³-hybridized carbons (Fsp3) is 0.700. The lowest BCUT2D eigenvalue weighted by Crippen LogP contribution is -2.17. The number of benzene rings is 1. The van der Waals surface area contributed by atoms with Crippen molar-refractivity contribution in [3.05, 3.63) is 29.8 Å². The third-order valence-electron chi connectivity index (χ3n) is 4.81. The summed E-state index contributed by atoms with van der Waals surface area (Å²) in [6.07, 6.45) is 13.1. The second kappa shape index (κ2) is 9.89. The first-order valence-corrected chi connectivity index (χ1v) is 9.14. The predicted molar refractivity (Wildman–Crippen MR) is 92.3 cm³/mol. The van der Waals surface area contributed by atoms with Gasteiger partial charge in [-0.3, -0.25) is 0 Å². The Morgan fingerprint density at radius 2 is 1.86 bits per heavy atom. The van der Waals surface area contributed by atoms with Crippen LogP contribution in [0.3, 0.4) is 0 Å². The van der Waals surface area contributed by atoms with E-state index in [-0.39, 0.29) is 0 Å². The lowest BCUT2D eigenvalue weighted by Gasteiger charge is -2.22. The molecule has 0 saturated heterocycles. The average Bonchev–Trinajstić information content (AvgIpc) is 2.54. The molecule has 1 saturated carbocycles. The van der Waals surface area contributed by atoms with Crippen molar-refractivity contribution >= 4 is 0 Å². The van der Waals surface area contributed by atoms with Crippen LogP contribution in [0.1, 0.15) is 70.3 Å². The molecule has 0 aliphatic heterocycles. The molecule has 1 atom stereocenters. The molecular formula is C20H32O2. The van der Waals surface area contributed by atoms with Gasteiger partial charge in [-0.15, -0.1) is 0 Å². The Balaban J connectivity index is 1.50. The Kier molecular flexibility index (Phi) is 7.79. The first-order valence-electron chi connectivity index (χ1n) is 9.14. The highest BCUT2D eigenvalue weighted by Gasteiger charge is 2.13. The van der Waals surface area contributed by atoms with Crippen molar-refractivity contribution < 1.29 is 9.84 Å². The molecule has 2 rings (SSSR count). The van der Waals surface area contributed by atoms with Crippen LogP contribution in [-0.2, 0) is 11.2 Å². The van der Waals surface area contributed by atoms with E-state index in [1.807, 2.05) is 18.2 Å². The van der Waals surface area contributed by atoms with Gasteiger partial charge in [-0.1, -0.05) is 63.6 Å². The number of aromatic hydroxyl groups is 1. The van der Waals surface area contributed by atoms with Gasteiger partial charge in [0.25, 0.3) is 0 Å². The zero-order chi connectivity index (χ0) is 15.6. The molecule has 0 heterocycles. The summed E-state index contributed by atoms with van der Waals surface area (Å²) in [7, 11) is 0. The minimum atomic E-state index is 0.440. The molecule has 0 amide bonds. The minimum Gasteiger partial charge on any atom is -0.508 e. The average molecular weight is 304 g/mol. The first-order chi connectivity index (χ1) is 10.8. The van der Waals surface area contributed by atoms with E-state index in [2.05, 4.69) is 6.92 Å². The van der Waals surface area contributed by atoms with Gasteiger partial charge in [0.2, 0.25) is 0 Å². The van der Waals surface area contributed by atoms with E-state index in [0.717, 1.165) is 18.6 Å². The summed E-state index contributed by atoms with van der Waals surface area (Å²) < 4.78 is 5.97. The number of hydrogen-bond donors (Lipinski definition) is 1. The summed E-state index contributed by atoms with van der Waals surface area (Å²) in [4.78, 5) is 0. The molecule has 1 aliphatic carbocycles. The summed E-state index contributed by atoms with van der Waals surface area (Å²) in [6.45, 7) is 3.23. The van der Waals surface area contributed by atoms with Crippen LogP contribution in [-0.4, -0.2) is 17.8 Å². The lowest BCUT2D eigenvalue weighted by atomic mass is 9.95. The number of phenols is 1. The van der Waals surface area contributed by atoms with Crippen LogP contribution >= 0.6 is 0 Å². The van der Waals surface area contributed by atoms with E-state index in [0.29, 0.717) is 17.8 Å². The molecule has 1 aromatic rings. The van der Waals surface area contributed by atoms with Gasteiger partial charge in [-0.05, 0) is 43.2 Å². The Hall–Kier alpha value is -1.02. The maximum atomic E-state index is 9.81. The number of hydrogen-bond acceptors (Lipinski definition) is 2. The predicted octanol–water partition coefficient (Wildman–Crippen LogP) is 5.48. The molecule has 1 aliphatic rings. The number of phenolic OH excluding ortho intramolecular Hbond substituents is 1. The maximum Gasteiger partial charge on any atom is 0.118 e. The highest BCUT2D eigenvalue weighted by molar-refractivity contribution is 5.31. The highest BCUT2D eigenvalue weighted by atomic mass is 16.5. The Morgan fingerprint density at radius 3 is 2.64 bits per heavy atom. The largest absolute Gasteiger partial charge is 0.508 e. The molecule has 22 heavy (non-hydrogen) atoms. The molecule has 1 N–H and O–H groups in total. The summed E-state index contributed by atoms with van der Waals surface area (Å²) in [6, 6.07) is 7.70. The van der Waals surface area contributed by atoms with Crippen molar-refractivity contribution in [1.82, 2.24) is 0 Å². The first kappa shape index (κ1) is 17.3. The van der Waals surface area contributed by atoms with Crippen LogP contribution in [0.5, 0.6) is 5.75 Å². The van der Waals surface area contributed by atoms with Crippen molar-refractivity contribution in [3.8, 4) is 5.75 Å². The van der Waals surface area contributed by atoms with Crippen LogP contribution < -0.4 is 0 Å². The molecule has 0 spiro atoms. The monoisotopic (exact) mass is 304 g/mol. The zero-order valence-corrected chi connectivity index (χ0v) is 14.1. The summed E-state index contributed by atoms with van der Waals surface area (Å²) in [5, 5.41) is 9.81. The molecule has 124 valence electrons. The summed E-state index contributed by atoms with van der Waals surface area (Å²) >= 11 is 0. The minimum absolute atomic E-state index is 0.440. The van der Waals surface area contributed by atoms with Crippen LogP contribution in [0.4, 0.5) is 0 Å². The van der Waals surface area contributed by atoms with Crippen molar-refractivity contribution in [2.24, 2.45) is 5.92 Å². The molecule has 0 radical (unpaired) electrons. The van der Waals surface area contributed by atoms with Gasteiger partial charge < -0.3 is 9.84 Å². The fourth-order valence-electron chi connectivity index (χ4n) is 3.41. The molecule has 0 bridgehead atoms. The zero-order valence-electron chi connectivity index (χ0n) is 14.1. The lowest BCUT2D eigenvalue weighted by molar-refractivity contribution is 0.0262. The van der Waals surface area contributed by atoms with Gasteiger partial charge >= 0.3 is 0 Å². The van der Waals surface area contributed by atoms with Crippen LogP contribution in [0, 0.1) is 5.92 Å². The van der Waals surface area contributed by atoms with Crippen molar-refractivity contribution in [2.45, 2.75) is 77.2 Å². The van der Waals surface area contributed by atoms with Crippen LogP contribution in [0.15, 0.2) is 24.3 Å². The number of para-hydroxylation sites is 1. The van der Waals surface area contributed by atoms with Gasteiger partial charge in [0.15, 0.2) is 0 Å². The van der Waals surface area contributed by atoms with Gasteiger partial charge in [-0.25, -0.2) is 0 Å². The Morgan fingerprint density at radius 1 is 1.09 bits per heavy atom. The fourth-order valence-corrected chi connectivity index (χ4v) is 3.41. The second-order valence-corrected chi connectivity index (χ2v) is 6.92. The number of ether oxygens (including phenoxy) is 1. The molecule has 2 nitrogen and oxygen atoms in total. The van der Waals surface area contributed by atoms with E-state index >= 15 is 0 Å². The Labute approximate surface area is 135 Å². The normalized spacial score (nSPS) is 17.5. The Bertz CT molecular complexity index is 410. The van der Waals surface area contributed by atoms with Crippen molar-refractivity contribution in [1.29, 1.82) is 0 Å². The molecule has 1 fully saturated rings. The maximum absolute atomic E-state index is 9.81. The van der Waals surface area contributed by atoms with Crippen LogP contribution in [0.2, 0.25) is 0 Å². The smallest absolute Gasteiger partial charge is 0.118 e. The number of unbranched alkanes of at least 4 members (excludes halogenated alkanes) is 2. The highest BCUT2D eigenvalue weighted by Crippen LogP contribution is 2.23. The molecule has 2 heteroatoms. The molecular weight excluding hydrogens is 272 g/mol. The van der Waals surface area contributed by atoms with Crippen molar-refractivity contribution in [3.63, 3.8) is 0 Å². The topological polar surface area (TPSA) is 29.5 Å². The van der Waals surface area contributed by atoms with Gasteiger partial charge in [0, 0.05) is 6.61 Å². The standard InChI is InChI=1S/C20H32O2/c1-17(16-18-11-7-8-14-20(18)21)10-4-3-9-15-22-19-12-5-2-6-13-19/h7-8,11,14,17,19,21H,2-6,9-10,12-13,15-16H2,1H3. The van der Waals surface area contributed by atoms with E-state index < -0.39 is 0 Å². The van der Waals surface area contributed by atoms with E-state index in [1.54, 1.807) is 6.07 Å². The molecule has 1 aromatic carbocycles. The van der Waals surface area contributed by atoms with Gasteiger partial charge in [-0.2, -0.15) is 0 Å². The van der Waals surface area contributed by atoms with Gasteiger partial charge in [0.05, 0.1) is 6.10 Å². The number of rotatable bonds is 9. The van der Waals surface area contributed by atoms with E-state index in [4.69, 9.17) is 4.74 Å². The summed E-state index contributed by atoms with van der Waals surface area (Å²) in [5.41, 5.74) is 1.08.